The van der Waals surface area contributed by atoms with E-state index in [9.17, 15) is 9.18 Å². The van der Waals surface area contributed by atoms with Crippen LogP contribution in [-0.4, -0.2) is 19.0 Å². The molecule has 2 aromatic rings. The lowest BCUT2D eigenvalue weighted by Gasteiger charge is -2.22. The Labute approximate surface area is 155 Å². The Balaban J connectivity index is 1.63. The average molecular weight is 354 g/mol. The number of hydrogen-bond acceptors (Lipinski definition) is 2. The van der Waals surface area contributed by atoms with Gasteiger partial charge in [-0.3, -0.25) is 4.79 Å². The van der Waals surface area contributed by atoms with Gasteiger partial charge in [-0.05, 0) is 48.4 Å². The first-order valence-corrected chi connectivity index (χ1v) is 9.47. The molecule has 3 nitrogen and oxygen atoms in total. The predicted octanol–water partition coefficient (Wildman–Crippen LogP) is 5.12. The Morgan fingerprint density at radius 2 is 1.81 bits per heavy atom. The number of benzene rings is 2. The van der Waals surface area contributed by atoms with Crippen molar-refractivity contribution in [3.63, 3.8) is 0 Å². The summed E-state index contributed by atoms with van der Waals surface area (Å²) in [6, 6.07) is 13.4. The standard InChI is InChI=1S/C22H27FN2O/c1-16(2)18-11-8-17(9-12-18)10-13-21(26)24-22-19(23)6-5-7-20(22)25-14-3-4-15-25/h5-9,11-12,16H,3-4,10,13-15H2,1-2H3,(H,24,26). The zero-order valence-corrected chi connectivity index (χ0v) is 15.6. The summed E-state index contributed by atoms with van der Waals surface area (Å²) in [6.45, 7) is 6.15. The van der Waals surface area contributed by atoms with Crippen LogP contribution >= 0.6 is 0 Å². The SMILES string of the molecule is CC(C)c1ccc(CCC(=O)Nc2c(F)cccc2N2CCCC2)cc1. The fourth-order valence-corrected chi connectivity index (χ4v) is 3.39. The molecule has 3 rings (SSSR count). The number of nitrogens with one attached hydrogen (secondary N) is 1. The number of rotatable bonds is 6. The Bertz CT molecular complexity index is 749. The maximum absolute atomic E-state index is 14.3. The highest BCUT2D eigenvalue weighted by molar-refractivity contribution is 5.94. The topological polar surface area (TPSA) is 32.3 Å². The van der Waals surface area contributed by atoms with Crippen LogP contribution in [0.3, 0.4) is 0 Å². The number of anilines is 2. The molecule has 0 unspecified atom stereocenters. The van der Waals surface area contributed by atoms with Gasteiger partial charge in [0.05, 0.1) is 5.69 Å². The highest BCUT2D eigenvalue weighted by atomic mass is 19.1. The lowest BCUT2D eigenvalue weighted by molar-refractivity contribution is -0.116. The van der Waals surface area contributed by atoms with Crippen molar-refractivity contribution in [2.24, 2.45) is 0 Å². The van der Waals surface area contributed by atoms with E-state index in [1.807, 2.05) is 6.07 Å². The molecule has 0 radical (unpaired) electrons. The van der Waals surface area contributed by atoms with E-state index in [2.05, 4.69) is 48.3 Å². The van der Waals surface area contributed by atoms with Crippen LogP contribution in [0.2, 0.25) is 0 Å². The van der Waals surface area contributed by atoms with Crippen molar-refractivity contribution < 1.29 is 9.18 Å². The molecule has 1 aliphatic rings. The Kier molecular flexibility index (Phi) is 5.92. The van der Waals surface area contributed by atoms with Gasteiger partial charge in [0, 0.05) is 19.5 Å². The van der Waals surface area contributed by atoms with Gasteiger partial charge >= 0.3 is 0 Å². The minimum atomic E-state index is -0.371. The van der Waals surface area contributed by atoms with Crippen LogP contribution < -0.4 is 10.2 Å². The van der Waals surface area contributed by atoms with Crippen molar-refractivity contribution in [1.82, 2.24) is 0 Å². The van der Waals surface area contributed by atoms with Crippen molar-refractivity contribution in [2.75, 3.05) is 23.3 Å². The van der Waals surface area contributed by atoms with E-state index >= 15 is 0 Å². The van der Waals surface area contributed by atoms with Crippen molar-refractivity contribution in [2.45, 2.75) is 45.4 Å². The van der Waals surface area contributed by atoms with E-state index in [1.165, 1.54) is 11.6 Å². The fourth-order valence-electron chi connectivity index (χ4n) is 3.39. The molecule has 0 aromatic heterocycles. The first kappa shape index (κ1) is 18.4. The minimum Gasteiger partial charge on any atom is -0.370 e. The largest absolute Gasteiger partial charge is 0.370 e. The van der Waals surface area contributed by atoms with Crippen LogP contribution in [-0.2, 0) is 11.2 Å². The van der Waals surface area contributed by atoms with Crippen LogP contribution in [0.15, 0.2) is 42.5 Å². The summed E-state index contributed by atoms with van der Waals surface area (Å²) < 4.78 is 14.3. The molecule has 1 N–H and O–H groups in total. The third-order valence-corrected chi connectivity index (χ3v) is 4.99. The number of nitrogens with zero attached hydrogens (tertiary/aromatic N) is 1. The Morgan fingerprint density at radius 1 is 1.12 bits per heavy atom. The molecule has 2 aromatic carbocycles. The van der Waals surface area contributed by atoms with Gasteiger partial charge in [-0.1, -0.05) is 44.2 Å². The summed E-state index contributed by atoms with van der Waals surface area (Å²) in [5.74, 6) is -0.0232. The van der Waals surface area contributed by atoms with E-state index in [0.29, 0.717) is 24.4 Å². The van der Waals surface area contributed by atoms with E-state index in [4.69, 9.17) is 0 Å². The molecule has 26 heavy (non-hydrogen) atoms. The molecule has 1 aliphatic heterocycles. The lowest BCUT2D eigenvalue weighted by atomic mass is 10.0. The second-order valence-electron chi connectivity index (χ2n) is 7.27. The zero-order chi connectivity index (χ0) is 18.5. The van der Waals surface area contributed by atoms with Gasteiger partial charge in [0.1, 0.15) is 11.5 Å². The maximum Gasteiger partial charge on any atom is 0.224 e. The van der Waals surface area contributed by atoms with Gasteiger partial charge in [0.25, 0.3) is 0 Å². The maximum atomic E-state index is 14.3. The van der Waals surface area contributed by atoms with Gasteiger partial charge < -0.3 is 10.2 Å². The Hall–Kier alpha value is -2.36. The monoisotopic (exact) mass is 354 g/mol. The molecule has 0 spiro atoms. The number of carbonyl (C=O) groups is 1. The van der Waals surface area contributed by atoms with Crippen LogP contribution in [0.4, 0.5) is 15.8 Å². The van der Waals surface area contributed by atoms with Gasteiger partial charge in [-0.25, -0.2) is 4.39 Å². The molecule has 0 saturated carbocycles. The first-order chi connectivity index (χ1) is 12.5. The van der Waals surface area contributed by atoms with Gasteiger partial charge in [0.15, 0.2) is 0 Å². The number of carbonyl (C=O) groups excluding carboxylic acids is 1. The van der Waals surface area contributed by atoms with Crippen LogP contribution in [0.1, 0.15) is 50.2 Å². The molecule has 0 atom stereocenters. The van der Waals surface area contributed by atoms with E-state index < -0.39 is 0 Å². The lowest BCUT2D eigenvalue weighted by Crippen LogP contribution is -2.22. The summed E-state index contributed by atoms with van der Waals surface area (Å²) in [7, 11) is 0. The number of halogens is 1. The van der Waals surface area contributed by atoms with E-state index in [1.54, 1.807) is 6.07 Å². The molecular formula is C22H27FN2O. The van der Waals surface area contributed by atoms with Crippen molar-refractivity contribution in [3.05, 3.63) is 59.4 Å². The first-order valence-electron chi connectivity index (χ1n) is 9.47. The number of hydrogen-bond donors (Lipinski definition) is 1. The second kappa shape index (κ2) is 8.35. The molecule has 0 aliphatic carbocycles. The number of para-hydroxylation sites is 1. The third-order valence-electron chi connectivity index (χ3n) is 4.99. The van der Waals surface area contributed by atoms with Crippen LogP contribution in [0, 0.1) is 5.82 Å². The van der Waals surface area contributed by atoms with Gasteiger partial charge in [-0.15, -0.1) is 0 Å². The summed E-state index contributed by atoms with van der Waals surface area (Å²) in [6.07, 6.45) is 3.21. The Morgan fingerprint density at radius 3 is 2.46 bits per heavy atom. The molecule has 1 fully saturated rings. The highest BCUT2D eigenvalue weighted by Gasteiger charge is 2.19. The highest BCUT2D eigenvalue weighted by Crippen LogP contribution is 2.31. The molecular weight excluding hydrogens is 327 g/mol. The fraction of sp³-hybridized carbons (Fsp3) is 0.409. The van der Waals surface area contributed by atoms with Crippen LogP contribution in [0.25, 0.3) is 0 Å². The molecule has 1 saturated heterocycles. The summed E-state index contributed by atoms with van der Waals surface area (Å²) in [5, 5.41) is 2.80. The normalized spacial score (nSPS) is 14.1. The van der Waals surface area contributed by atoms with Gasteiger partial charge in [0.2, 0.25) is 5.91 Å². The third kappa shape index (κ3) is 4.43. The molecule has 138 valence electrons. The number of amides is 1. The zero-order valence-electron chi connectivity index (χ0n) is 15.6. The van der Waals surface area contributed by atoms with Crippen LogP contribution in [0.5, 0.6) is 0 Å². The number of aryl methyl sites for hydroxylation is 1. The molecule has 0 bridgehead atoms. The van der Waals surface area contributed by atoms with E-state index in [0.717, 1.165) is 37.2 Å². The molecule has 1 amide bonds. The smallest absolute Gasteiger partial charge is 0.224 e. The average Bonchev–Trinajstić information content (AvgIpc) is 3.16. The quantitative estimate of drug-likeness (QED) is 0.781. The predicted molar refractivity (Wildman–Crippen MR) is 105 cm³/mol. The summed E-state index contributed by atoms with van der Waals surface area (Å²) in [4.78, 5) is 14.5. The minimum absolute atomic E-state index is 0.150. The van der Waals surface area contributed by atoms with Gasteiger partial charge in [-0.2, -0.15) is 0 Å². The second-order valence-corrected chi connectivity index (χ2v) is 7.27. The van der Waals surface area contributed by atoms with Crippen molar-refractivity contribution >= 4 is 17.3 Å². The summed E-state index contributed by atoms with van der Waals surface area (Å²) >= 11 is 0. The van der Waals surface area contributed by atoms with Crippen molar-refractivity contribution in [1.29, 1.82) is 0 Å². The van der Waals surface area contributed by atoms with Crippen molar-refractivity contribution in [3.8, 4) is 0 Å². The molecule has 4 heteroatoms. The molecule has 1 heterocycles. The van der Waals surface area contributed by atoms with E-state index in [-0.39, 0.29) is 11.7 Å². The summed E-state index contributed by atoms with van der Waals surface area (Å²) in [5.41, 5.74) is 3.52.